The van der Waals surface area contributed by atoms with E-state index in [9.17, 15) is 4.79 Å². The van der Waals surface area contributed by atoms with Gasteiger partial charge in [-0.15, -0.1) is 0 Å². The van der Waals surface area contributed by atoms with Gasteiger partial charge in [0.15, 0.2) is 0 Å². The van der Waals surface area contributed by atoms with E-state index in [0.29, 0.717) is 17.9 Å². The molecule has 4 nitrogen and oxygen atoms in total. The molecule has 17 heavy (non-hydrogen) atoms. The number of carbonyl (C=O) groups is 1. The lowest BCUT2D eigenvalue weighted by Gasteiger charge is -2.35. The second kappa shape index (κ2) is 4.75. The summed E-state index contributed by atoms with van der Waals surface area (Å²) in [5, 5.41) is 12.4. The van der Waals surface area contributed by atoms with Crippen LogP contribution in [0.15, 0.2) is 24.3 Å². The van der Waals surface area contributed by atoms with Crippen molar-refractivity contribution in [2.75, 3.05) is 18.5 Å². The molecule has 0 aliphatic carbocycles. The molecule has 0 radical (unpaired) electrons. The first kappa shape index (κ1) is 11.9. The molecule has 1 aliphatic rings. The molecule has 0 amide bonds. The van der Waals surface area contributed by atoms with Crippen molar-refractivity contribution in [3.05, 3.63) is 29.8 Å². The average Bonchev–Trinajstić information content (AvgIpc) is 2.29. The third-order valence-corrected chi connectivity index (χ3v) is 3.03. The molecule has 0 bridgehead atoms. The highest BCUT2D eigenvalue weighted by Crippen LogP contribution is 2.26. The van der Waals surface area contributed by atoms with Crippen LogP contribution < -0.4 is 5.32 Å². The SMILES string of the molecule is CC1(Nc2ccccc2C(=O)O)CCCOC1. The molecule has 92 valence electrons. The van der Waals surface area contributed by atoms with E-state index in [2.05, 4.69) is 12.2 Å². The quantitative estimate of drug-likeness (QED) is 0.844. The van der Waals surface area contributed by atoms with Gasteiger partial charge in [-0.25, -0.2) is 4.79 Å². The summed E-state index contributed by atoms with van der Waals surface area (Å²) in [6, 6.07) is 6.97. The Kier molecular flexibility index (Phi) is 3.33. The number of carboxylic acid groups (broad SMARTS) is 1. The molecule has 1 saturated heterocycles. The molecule has 0 spiro atoms. The third kappa shape index (κ3) is 2.77. The fourth-order valence-electron chi connectivity index (χ4n) is 2.14. The Balaban J connectivity index is 2.20. The van der Waals surface area contributed by atoms with E-state index >= 15 is 0 Å². The normalized spacial score (nSPS) is 24.3. The second-order valence-electron chi connectivity index (χ2n) is 4.69. The van der Waals surface area contributed by atoms with E-state index in [-0.39, 0.29) is 5.54 Å². The number of para-hydroxylation sites is 1. The topological polar surface area (TPSA) is 58.6 Å². The predicted molar refractivity (Wildman–Crippen MR) is 65.5 cm³/mol. The van der Waals surface area contributed by atoms with Crippen molar-refractivity contribution in [2.24, 2.45) is 0 Å². The molecular formula is C13H17NO3. The Labute approximate surface area is 101 Å². The molecule has 2 N–H and O–H groups in total. The van der Waals surface area contributed by atoms with Crippen LogP contribution >= 0.6 is 0 Å². The molecule has 4 heteroatoms. The molecule has 2 rings (SSSR count). The lowest BCUT2D eigenvalue weighted by molar-refractivity contribution is 0.0538. The Morgan fingerprint density at radius 1 is 1.47 bits per heavy atom. The van der Waals surface area contributed by atoms with Gasteiger partial charge in [0.05, 0.1) is 17.7 Å². The van der Waals surface area contributed by atoms with Crippen molar-refractivity contribution >= 4 is 11.7 Å². The van der Waals surface area contributed by atoms with E-state index in [4.69, 9.17) is 9.84 Å². The molecule has 1 fully saturated rings. The molecule has 1 aliphatic heterocycles. The van der Waals surface area contributed by atoms with Gasteiger partial charge in [-0.05, 0) is 31.9 Å². The molecule has 1 aromatic carbocycles. The monoisotopic (exact) mass is 235 g/mol. The zero-order valence-electron chi connectivity index (χ0n) is 9.90. The molecule has 0 saturated carbocycles. The summed E-state index contributed by atoms with van der Waals surface area (Å²) < 4.78 is 5.45. The summed E-state index contributed by atoms with van der Waals surface area (Å²) >= 11 is 0. The first-order valence-corrected chi connectivity index (χ1v) is 5.79. The number of rotatable bonds is 3. The maximum absolute atomic E-state index is 11.1. The fourth-order valence-corrected chi connectivity index (χ4v) is 2.14. The summed E-state index contributed by atoms with van der Waals surface area (Å²) in [5.41, 5.74) is 0.788. The maximum Gasteiger partial charge on any atom is 0.337 e. The molecule has 1 unspecified atom stereocenters. The highest BCUT2D eigenvalue weighted by atomic mass is 16.5. The second-order valence-corrected chi connectivity index (χ2v) is 4.69. The minimum Gasteiger partial charge on any atom is -0.478 e. The summed E-state index contributed by atoms with van der Waals surface area (Å²) in [7, 11) is 0. The van der Waals surface area contributed by atoms with E-state index < -0.39 is 5.97 Å². The smallest absolute Gasteiger partial charge is 0.337 e. The zero-order chi connectivity index (χ0) is 12.3. The van der Waals surface area contributed by atoms with Gasteiger partial charge in [-0.3, -0.25) is 0 Å². The molecule has 1 heterocycles. The van der Waals surface area contributed by atoms with Crippen LogP contribution in [0.1, 0.15) is 30.1 Å². The highest BCUT2D eigenvalue weighted by Gasteiger charge is 2.28. The van der Waals surface area contributed by atoms with Crippen LogP contribution in [0.5, 0.6) is 0 Å². The van der Waals surface area contributed by atoms with Crippen LogP contribution in [0.2, 0.25) is 0 Å². The number of hydrogen-bond acceptors (Lipinski definition) is 3. The van der Waals surface area contributed by atoms with Gasteiger partial charge >= 0.3 is 5.97 Å². The van der Waals surface area contributed by atoms with Crippen molar-refractivity contribution in [3.8, 4) is 0 Å². The first-order valence-electron chi connectivity index (χ1n) is 5.79. The first-order chi connectivity index (χ1) is 8.11. The van der Waals surface area contributed by atoms with Crippen molar-refractivity contribution in [2.45, 2.75) is 25.3 Å². The van der Waals surface area contributed by atoms with Crippen molar-refractivity contribution < 1.29 is 14.6 Å². The van der Waals surface area contributed by atoms with Crippen molar-refractivity contribution in [1.29, 1.82) is 0 Å². The molecular weight excluding hydrogens is 218 g/mol. The Morgan fingerprint density at radius 3 is 2.88 bits per heavy atom. The van der Waals surface area contributed by atoms with E-state index in [1.165, 1.54) is 0 Å². The Morgan fingerprint density at radius 2 is 2.24 bits per heavy atom. The number of ether oxygens (including phenoxy) is 1. The van der Waals surface area contributed by atoms with Gasteiger partial charge in [0.2, 0.25) is 0 Å². The molecule has 1 atom stereocenters. The largest absolute Gasteiger partial charge is 0.478 e. The van der Waals surface area contributed by atoms with Gasteiger partial charge in [-0.1, -0.05) is 12.1 Å². The number of hydrogen-bond donors (Lipinski definition) is 2. The summed E-state index contributed by atoms with van der Waals surface area (Å²) in [4.78, 5) is 11.1. The van der Waals surface area contributed by atoms with Crippen molar-refractivity contribution in [1.82, 2.24) is 0 Å². The number of benzene rings is 1. The van der Waals surface area contributed by atoms with Crippen LogP contribution in [0.25, 0.3) is 0 Å². The van der Waals surface area contributed by atoms with Crippen molar-refractivity contribution in [3.63, 3.8) is 0 Å². The summed E-state index contributed by atoms with van der Waals surface area (Å²) in [6.45, 7) is 3.46. The van der Waals surface area contributed by atoms with Gasteiger partial charge in [0.1, 0.15) is 0 Å². The van der Waals surface area contributed by atoms with E-state index in [1.54, 1.807) is 18.2 Å². The maximum atomic E-state index is 11.1. The van der Waals surface area contributed by atoms with E-state index in [1.807, 2.05) is 6.07 Å². The van der Waals surface area contributed by atoms with Gasteiger partial charge < -0.3 is 15.2 Å². The van der Waals surface area contributed by atoms with Crippen LogP contribution in [-0.2, 0) is 4.74 Å². The average molecular weight is 235 g/mol. The van der Waals surface area contributed by atoms with Gasteiger partial charge in [-0.2, -0.15) is 0 Å². The number of anilines is 1. The predicted octanol–water partition coefficient (Wildman–Crippen LogP) is 2.37. The lowest BCUT2D eigenvalue weighted by atomic mass is 9.94. The van der Waals surface area contributed by atoms with E-state index in [0.717, 1.165) is 19.4 Å². The minimum absolute atomic E-state index is 0.177. The van der Waals surface area contributed by atoms with Gasteiger partial charge in [0.25, 0.3) is 0 Å². The summed E-state index contributed by atoms with van der Waals surface area (Å²) in [6.07, 6.45) is 1.99. The third-order valence-electron chi connectivity index (χ3n) is 3.03. The lowest BCUT2D eigenvalue weighted by Crippen LogP contribution is -2.43. The van der Waals surface area contributed by atoms with Crippen LogP contribution in [0.3, 0.4) is 0 Å². The van der Waals surface area contributed by atoms with Crippen LogP contribution in [0.4, 0.5) is 5.69 Å². The fraction of sp³-hybridized carbons (Fsp3) is 0.462. The standard InChI is InChI=1S/C13H17NO3/c1-13(7-4-8-17-9-13)14-11-6-3-2-5-10(11)12(15)16/h2-3,5-6,14H,4,7-9H2,1H3,(H,15,16). The van der Waals surface area contributed by atoms with Crippen LogP contribution in [0, 0.1) is 0 Å². The van der Waals surface area contributed by atoms with Crippen LogP contribution in [-0.4, -0.2) is 29.8 Å². The minimum atomic E-state index is -0.909. The number of carboxylic acids is 1. The highest BCUT2D eigenvalue weighted by molar-refractivity contribution is 5.94. The number of nitrogens with one attached hydrogen (secondary N) is 1. The number of aromatic carboxylic acids is 1. The molecule has 0 aromatic heterocycles. The Hall–Kier alpha value is -1.55. The Bertz CT molecular complexity index is 411. The molecule has 1 aromatic rings. The zero-order valence-corrected chi connectivity index (χ0v) is 9.90. The summed E-state index contributed by atoms with van der Waals surface area (Å²) in [5.74, 6) is -0.909. The van der Waals surface area contributed by atoms with Gasteiger partial charge in [0, 0.05) is 12.3 Å².